The van der Waals surface area contributed by atoms with Gasteiger partial charge in [0.2, 0.25) is 5.91 Å². The van der Waals surface area contributed by atoms with Gasteiger partial charge in [0.25, 0.3) is 0 Å². The maximum atomic E-state index is 13.9. The molecule has 170 valence electrons. The van der Waals surface area contributed by atoms with E-state index >= 15 is 0 Å². The van der Waals surface area contributed by atoms with Crippen molar-refractivity contribution in [2.45, 2.75) is 31.7 Å². The molecule has 0 spiro atoms. The number of carbonyl (C=O) groups excluding carboxylic acids is 1. The Morgan fingerprint density at radius 1 is 1.13 bits per heavy atom. The van der Waals surface area contributed by atoms with Crippen LogP contribution in [0.2, 0.25) is 0 Å². The smallest absolute Gasteiger partial charge is 0.339 e. The zero-order valence-electron chi connectivity index (χ0n) is 18.1. The van der Waals surface area contributed by atoms with Crippen molar-refractivity contribution < 1.29 is 31.3 Å². The molecule has 7 nitrogen and oxygen atoms in total. The fourth-order valence-electron chi connectivity index (χ4n) is 2.87. The Balaban J connectivity index is 2.19. The van der Waals surface area contributed by atoms with Crippen molar-refractivity contribution in [3.63, 3.8) is 0 Å². The Morgan fingerprint density at radius 3 is 2.48 bits per heavy atom. The van der Waals surface area contributed by atoms with Gasteiger partial charge >= 0.3 is 10.1 Å². The number of halogens is 1. The molecule has 31 heavy (non-hydrogen) atoms. The standard InChI is InChI=1S/C22H28FNO6S/c1-16(2)12-22(25)24(10-11-28-3)15-17-6-5-7-18(13-17)30-31(26,27)19-8-9-21(29-4)20(23)14-19/h5-9,13-14,16H,10-12,15H2,1-4H3. The number of benzene rings is 2. The highest BCUT2D eigenvalue weighted by Gasteiger charge is 2.20. The second-order valence-electron chi connectivity index (χ2n) is 7.39. The summed E-state index contributed by atoms with van der Waals surface area (Å²) in [7, 11) is -1.40. The normalized spacial score (nSPS) is 11.4. The lowest BCUT2D eigenvalue weighted by molar-refractivity contribution is -0.133. The van der Waals surface area contributed by atoms with Crippen LogP contribution in [0.5, 0.6) is 11.5 Å². The summed E-state index contributed by atoms with van der Waals surface area (Å²) < 4.78 is 54.1. The average Bonchev–Trinajstić information content (AvgIpc) is 2.70. The first-order valence-electron chi connectivity index (χ1n) is 9.80. The van der Waals surface area contributed by atoms with E-state index in [1.807, 2.05) is 13.8 Å². The third-order valence-electron chi connectivity index (χ3n) is 4.39. The van der Waals surface area contributed by atoms with Crippen molar-refractivity contribution in [2.75, 3.05) is 27.4 Å². The molecule has 2 rings (SSSR count). The molecule has 2 aromatic rings. The van der Waals surface area contributed by atoms with Gasteiger partial charge in [-0.3, -0.25) is 4.79 Å². The Bertz CT molecular complexity index is 993. The van der Waals surface area contributed by atoms with Crippen molar-refractivity contribution >= 4 is 16.0 Å². The molecule has 1 amide bonds. The number of hydrogen-bond donors (Lipinski definition) is 0. The number of methoxy groups -OCH3 is 2. The molecule has 0 fully saturated rings. The van der Waals surface area contributed by atoms with Gasteiger partial charge in [-0.1, -0.05) is 26.0 Å². The van der Waals surface area contributed by atoms with Crippen molar-refractivity contribution in [3.05, 3.63) is 53.8 Å². The van der Waals surface area contributed by atoms with Crippen LogP contribution in [0.3, 0.4) is 0 Å². The van der Waals surface area contributed by atoms with Gasteiger partial charge in [0.1, 0.15) is 10.6 Å². The van der Waals surface area contributed by atoms with Gasteiger partial charge in [0.15, 0.2) is 11.6 Å². The minimum atomic E-state index is -4.25. The van der Waals surface area contributed by atoms with Gasteiger partial charge in [-0.05, 0) is 41.8 Å². The summed E-state index contributed by atoms with van der Waals surface area (Å²) >= 11 is 0. The molecule has 0 aliphatic heterocycles. The molecular weight excluding hydrogens is 425 g/mol. The summed E-state index contributed by atoms with van der Waals surface area (Å²) in [4.78, 5) is 13.9. The van der Waals surface area contributed by atoms with Gasteiger partial charge in [0.05, 0.1) is 13.7 Å². The second-order valence-corrected chi connectivity index (χ2v) is 8.93. The van der Waals surface area contributed by atoms with Crippen molar-refractivity contribution in [2.24, 2.45) is 5.92 Å². The molecule has 0 atom stereocenters. The average molecular weight is 454 g/mol. The largest absolute Gasteiger partial charge is 0.494 e. The summed E-state index contributed by atoms with van der Waals surface area (Å²) in [6.07, 6.45) is 0.400. The van der Waals surface area contributed by atoms with Gasteiger partial charge in [-0.2, -0.15) is 8.42 Å². The highest BCUT2D eigenvalue weighted by atomic mass is 32.2. The highest BCUT2D eigenvalue weighted by molar-refractivity contribution is 7.87. The van der Waals surface area contributed by atoms with Gasteiger partial charge < -0.3 is 18.6 Å². The van der Waals surface area contributed by atoms with Crippen LogP contribution in [-0.2, 0) is 26.2 Å². The molecule has 0 saturated heterocycles. The number of carbonyl (C=O) groups is 1. The van der Waals surface area contributed by atoms with E-state index in [4.69, 9.17) is 13.7 Å². The lowest BCUT2D eigenvalue weighted by Crippen LogP contribution is -2.34. The number of ether oxygens (including phenoxy) is 2. The van der Waals surface area contributed by atoms with Crippen LogP contribution in [0.25, 0.3) is 0 Å². The first kappa shape index (κ1) is 24.6. The second kappa shape index (κ2) is 11.1. The van der Waals surface area contributed by atoms with Crippen LogP contribution < -0.4 is 8.92 Å². The van der Waals surface area contributed by atoms with Crippen LogP contribution in [-0.4, -0.2) is 46.6 Å². The monoisotopic (exact) mass is 453 g/mol. The Morgan fingerprint density at radius 2 is 1.87 bits per heavy atom. The minimum Gasteiger partial charge on any atom is -0.494 e. The molecule has 0 unspecified atom stereocenters. The molecule has 0 bridgehead atoms. The van der Waals surface area contributed by atoms with Crippen LogP contribution in [0.1, 0.15) is 25.8 Å². The van der Waals surface area contributed by atoms with E-state index in [1.54, 1.807) is 30.2 Å². The van der Waals surface area contributed by atoms with E-state index < -0.39 is 15.9 Å². The molecule has 0 radical (unpaired) electrons. The molecule has 0 saturated carbocycles. The van der Waals surface area contributed by atoms with Crippen molar-refractivity contribution in [3.8, 4) is 11.5 Å². The molecule has 0 N–H and O–H groups in total. The summed E-state index contributed by atoms with van der Waals surface area (Å²) in [6.45, 7) is 5.01. The van der Waals surface area contributed by atoms with E-state index in [1.165, 1.54) is 25.3 Å². The van der Waals surface area contributed by atoms with E-state index in [0.29, 0.717) is 25.1 Å². The quantitative estimate of drug-likeness (QED) is 0.484. The number of nitrogens with zero attached hydrogens (tertiary/aromatic N) is 1. The molecule has 0 aromatic heterocycles. The SMILES string of the molecule is COCCN(Cc1cccc(OS(=O)(=O)c2ccc(OC)c(F)c2)c1)C(=O)CC(C)C. The highest BCUT2D eigenvalue weighted by Crippen LogP contribution is 2.24. The fraction of sp³-hybridized carbons (Fsp3) is 0.409. The zero-order chi connectivity index (χ0) is 23.0. The van der Waals surface area contributed by atoms with Crippen molar-refractivity contribution in [1.82, 2.24) is 4.90 Å². The van der Waals surface area contributed by atoms with Gasteiger partial charge in [-0.25, -0.2) is 4.39 Å². The molecule has 2 aromatic carbocycles. The first-order valence-corrected chi connectivity index (χ1v) is 11.2. The maximum Gasteiger partial charge on any atom is 0.339 e. The minimum absolute atomic E-state index is 0.0142. The number of amides is 1. The van der Waals surface area contributed by atoms with Crippen molar-refractivity contribution in [1.29, 1.82) is 0 Å². The van der Waals surface area contributed by atoms with E-state index in [0.717, 1.165) is 6.07 Å². The molecule has 0 aliphatic carbocycles. The predicted octanol–water partition coefficient (Wildman–Crippen LogP) is 3.62. The van der Waals surface area contributed by atoms with Crippen LogP contribution in [0, 0.1) is 11.7 Å². The van der Waals surface area contributed by atoms with Crippen LogP contribution in [0.4, 0.5) is 4.39 Å². The Hall–Kier alpha value is -2.65. The number of hydrogen-bond acceptors (Lipinski definition) is 6. The van der Waals surface area contributed by atoms with Gasteiger partial charge in [0, 0.05) is 26.6 Å². The maximum absolute atomic E-state index is 13.9. The zero-order valence-corrected chi connectivity index (χ0v) is 18.9. The van der Waals surface area contributed by atoms with E-state index in [2.05, 4.69) is 0 Å². The summed E-state index contributed by atoms with van der Waals surface area (Å²) in [6, 6.07) is 9.70. The number of rotatable bonds is 11. The Kier molecular flexibility index (Phi) is 8.82. The predicted molar refractivity (Wildman–Crippen MR) is 114 cm³/mol. The van der Waals surface area contributed by atoms with E-state index in [-0.39, 0.29) is 34.8 Å². The third kappa shape index (κ3) is 7.22. The summed E-state index contributed by atoms with van der Waals surface area (Å²) in [5, 5.41) is 0. The Labute approximate surface area is 182 Å². The third-order valence-corrected chi connectivity index (χ3v) is 5.63. The molecule has 0 heterocycles. The van der Waals surface area contributed by atoms with Gasteiger partial charge in [-0.15, -0.1) is 0 Å². The fourth-order valence-corrected chi connectivity index (χ4v) is 3.80. The lowest BCUT2D eigenvalue weighted by atomic mass is 10.1. The molecule has 9 heteroatoms. The van der Waals surface area contributed by atoms with E-state index in [9.17, 15) is 17.6 Å². The molecular formula is C22H28FNO6S. The lowest BCUT2D eigenvalue weighted by Gasteiger charge is -2.23. The first-order chi connectivity index (χ1) is 14.7. The van der Waals surface area contributed by atoms with Crippen LogP contribution in [0.15, 0.2) is 47.4 Å². The topological polar surface area (TPSA) is 82.1 Å². The summed E-state index contributed by atoms with van der Waals surface area (Å²) in [5.74, 6) is -0.611. The molecule has 0 aliphatic rings. The van der Waals surface area contributed by atoms with Crippen LogP contribution >= 0.6 is 0 Å². The summed E-state index contributed by atoms with van der Waals surface area (Å²) in [5.41, 5.74) is 0.696.